The third-order valence-corrected chi connectivity index (χ3v) is 5.75. The minimum absolute atomic E-state index is 0.279. The molecule has 0 spiro atoms. The van der Waals surface area contributed by atoms with Gasteiger partial charge in [0, 0.05) is 35.6 Å². The van der Waals surface area contributed by atoms with Crippen molar-refractivity contribution in [2.75, 3.05) is 23.3 Å². The Morgan fingerprint density at radius 1 is 0.938 bits per heavy atom. The topological polar surface area (TPSA) is 91.7 Å². The van der Waals surface area contributed by atoms with Gasteiger partial charge in [-0.1, -0.05) is 11.6 Å². The molecule has 3 heterocycles. The molecule has 0 unspecified atom stereocenters. The second-order valence-corrected chi connectivity index (χ2v) is 8.11. The van der Waals surface area contributed by atoms with Crippen LogP contribution in [0.15, 0.2) is 65.7 Å². The first-order valence-corrected chi connectivity index (χ1v) is 10.9. The molecule has 2 aromatic heterocycles. The monoisotopic (exact) mass is 447 g/mol. The Morgan fingerprint density at radius 2 is 1.66 bits per heavy atom. The zero-order chi connectivity index (χ0) is 21.9. The summed E-state index contributed by atoms with van der Waals surface area (Å²) >= 11 is 5.98. The molecule has 1 saturated heterocycles. The van der Waals surface area contributed by atoms with Crippen molar-refractivity contribution < 1.29 is 0 Å². The van der Waals surface area contributed by atoms with E-state index in [0.29, 0.717) is 27.9 Å². The Kier molecular flexibility index (Phi) is 5.60. The normalized spacial score (nSPS) is 13.8. The number of nitrogens with zero attached hydrogens (tertiary/aromatic N) is 5. The Hall–Kier alpha value is -3.65. The van der Waals surface area contributed by atoms with E-state index in [1.807, 2.05) is 12.1 Å². The molecule has 2 aromatic carbocycles. The number of benzene rings is 2. The minimum Gasteiger partial charge on any atom is -0.372 e. The average molecular weight is 448 g/mol. The summed E-state index contributed by atoms with van der Waals surface area (Å²) in [4.78, 5) is 19.5. The van der Waals surface area contributed by atoms with Crippen LogP contribution in [0.1, 0.15) is 19.3 Å². The van der Waals surface area contributed by atoms with Crippen molar-refractivity contribution in [2.24, 2.45) is 0 Å². The lowest BCUT2D eigenvalue weighted by atomic mass is 10.1. The van der Waals surface area contributed by atoms with E-state index < -0.39 is 0 Å². The summed E-state index contributed by atoms with van der Waals surface area (Å²) in [6.45, 7) is 2.18. The summed E-state index contributed by atoms with van der Waals surface area (Å²) in [6.07, 6.45) is 5.24. The predicted octanol–water partition coefficient (Wildman–Crippen LogP) is 4.40. The molecule has 0 bridgehead atoms. The highest BCUT2D eigenvalue weighted by atomic mass is 35.5. The number of hydrogen-bond acceptors (Lipinski definition) is 6. The molecule has 32 heavy (non-hydrogen) atoms. The van der Waals surface area contributed by atoms with Crippen molar-refractivity contribution >= 4 is 28.7 Å². The molecule has 2 N–H and O–H groups in total. The van der Waals surface area contributed by atoms with Crippen LogP contribution >= 0.6 is 11.6 Å². The first kappa shape index (κ1) is 20.3. The van der Waals surface area contributed by atoms with Gasteiger partial charge in [0.05, 0.1) is 11.4 Å². The summed E-state index contributed by atoms with van der Waals surface area (Å²) in [7, 11) is 0. The molecule has 4 aromatic rings. The first-order chi connectivity index (χ1) is 15.7. The molecule has 1 fully saturated rings. The lowest BCUT2D eigenvalue weighted by Crippen LogP contribution is -2.29. The average Bonchev–Trinajstić information content (AvgIpc) is 3.36. The van der Waals surface area contributed by atoms with E-state index in [-0.39, 0.29) is 5.56 Å². The third-order valence-electron chi connectivity index (χ3n) is 5.50. The van der Waals surface area contributed by atoms with Gasteiger partial charge in [-0.3, -0.25) is 9.89 Å². The Balaban J connectivity index is 1.48. The largest absolute Gasteiger partial charge is 0.372 e. The van der Waals surface area contributed by atoms with Crippen LogP contribution in [0.25, 0.3) is 17.2 Å². The van der Waals surface area contributed by atoms with Crippen molar-refractivity contribution in [3.63, 3.8) is 0 Å². The number of halogens is 1. The second kappa shape index (κ2) is 8.84. The predicted molar refractivity (Wildman–Crippen MR) is 126 cm³/mol. The number of anilines is 3. The summed E-state index contributed by atoms with van der Waals surface area (Å²) < 4.78 is 1.31. The van der Waals surface area contributed by atoms with Crippen molar-refractivity contribution in [2.45, 2.75) is 19.3 Å². The molecule has 0 aliphatic carbocycles. The van der Waals surface area contributed by atoms with E-state index in [0.717, 1.165) is 18.8 Å². The molecule has 1 aliphatic rings. The number of hydrogen-bond donors (Lipinski definition) is 2. The van der Waals surface area contributed by atoms with Crippen molar-refractivity contribution in [1.82, 2.24) is 25.0 Å². The first-order valence-electron chi connectivity index (χ1n) is 10.6. The quantitative estimate of drug-likeness (QED) is 0.471. The van der Waals surface area contributed by atoms with Gasteiger partial charge >= 0.3 is 0 Å². The van der Waals surface area contributed by atoms with Gasteiger partial charge in [-0.15, -0.1) is 0 Å². The molecule has 0 atom stereocenters. The molecule has 0 amide bonds. The molecule has 0 radical (unpaired) electrons. The minimum atomic E-state index is -0.279. The number of piperidine rings is 1. The van der Waals surface area contributed by atoms with Crippen LogP contribution in [-0.2, 0) is 0 Å². The molecule has 9 heteroatoms. The Morgan fingerprint density at radius 3 is 2.34 bits per heavy atom. The maximum absolute atomic E-state index is 12.9. The molecule has 1 aliphatic heterocycles. The smallest absolute Gasteiger partial charge is 0.273 e. The van der Waals surface area contributed by atoms with E-state index >= 15 is 0 Å². The van der Waals surface area contributed by atoms with Gasteiger partial charge in [0.15, 0.2) is 5.69 Å². The number of H-pyrrole nitrogens is 1. The van der Waals surface area contributed by atoms with Crippen LogP contribution in [0.3, 0.4) is 0 Å². The molecule has 162 valence electrons. The highest BCUT2D eigenvalue weighted by Gasteiger charge is 2.16. The van der Waals surface area contributed by atoms with Crippen LogP contribution in [0, 0.1) is 0 Å². The molecule has 8 nitrogen and oxygen atoms in total. The van der Waals surface area contributed by atoms with Gasteiger partial charge in [-0.25, -0.2) is 4.98 Å². The number of rotatable bonds is 5. The molecule has 5 rings (SSSR count). The van der Waals surface area contributed by atoms with Gasteiger partial charge < -0.3 is 10.2 Å². The summed E-state index contributed by atoms with van der Waals surface area (Å²) in [5.41, 5.74) is 3.38. The van der Waals surface area contributed by atoms with Gasteiger partial charge in [-0.05, 0) is 67.8 Å². The fraction of sp³-hybridized carbons (Fsp3) is 0.217. The zero-order valence-electron chi connectivity index (χ0n) is 17.3. The second-order valence-electron chi connectivity index (χ2n) is 7.68. The van der Waals surface area contributed by atoms with Crippen molar-refractivity contribution in [1.29, 1.82) is 0 Å². The number of aromatic nitrogens is 5. The van der Waals surface area contributed by atoms with Crippen molar-refractivity contribution in [3.05, 3.63) is 76.3 Å². The molecule has 0 saturated carbocycles. The third kappa shape index (κ3) is 4.22. The van der Waals surface area contributed by atoms with E-state index in [2.05, 4.69) is 42.6 Å². The van der Waals surface area contributed by atoms with Crippen molar-refractivity contribution in [3.8, 4) is 17.2 Å². The summed E-state index contributed by atoms with van der Waals surface area (Å²) in [5, 5.41) is 15.3. The maximum Gasteiger partial charge on any atom is 0.273 e. The highest BCUT2D eigenvalue weighted by molar-refractivity contribution is 6.30. The maximum atomic E-state index is 12.9. The van der Waals surface area contributed by atoms with Gasteiger partial charge in [0.25, 0.3) is 5.56 Å². The lowest BCUT2D eigenvalue weighted by Gasteiger charge is -2.28. The number of nitrogens with one attached hydrogen (secondary N) is 2. The molecular formula is C23H22ClN7O. The van der Waals surface area contributed by atoms with Crippen LogP contribution in [0.2, 0.25) is 5.02 Å². The van der Waals surface area contributed by atoms with E-state index in [1.54, 1.807) is 24.3 Å². The van der Waals surface area contributed by atoms with Gasteiger partial charge in [0.2, 0.25) is 5.82 Å². The Labute approximate surface area is 189 Å². The Bertz CT molecular complexity index is 1250. The SMILES string of the molecule is O=c1cc(Nc2ccc(N3CCCCC3)cc2)c(-c2nc[nH]n2)nn1-c1ccc(Cl)cc1. The number of aromatic amines is 1. The fourth-order valence-electron chi connectivity index (χ4n) is 3.87. The standard InChI is InChI=1S/C23H22ClN7O/c24-16-4-8-19(9-5-16)31-21(32)14-20(22(29-31)23-25-15-26-28-23)27-17-6-10-18(11-7-17)30-12-2-1-3-13-30/h4-11,14-15,27H,1-3,12-13H2,(H,25,26,28). The van der Waals surface area contributed by atoms with E-state index in [4.69, 9.17) is 11.6 Å². The summed E-state index contributed by atoms with van der Waals surface area (Å²) in [6, 6.07) is 16.6. The summed E-state index contributed by atoms with van der Waals surface area (Å²) in [5.74, 6) is 0.389. The van der Waals surface area contributed by atoms with Gasteiger partial charge in [0.1, 0.15) is 6.33 Å². The zero-order valence-corrected chi connectivity index (χ0v) is 18.1. The van der Waals surface area contributed by atoms with Crippen LogP contribution < -0.4 is 15.8 Å². The lowest BCUT2D eigenvalue weighted by molar-refractivity contribution is 0.578. The van der Waals surface area contributed by atoms with Crippen LogP contribution in [0.4, 0.5) is 17.1 Å². The molecular weight excluding hydrogens is 426 g/mol. The van der Waals surface area contributed by atoms with E-state index in [9.17, 15) is 4.79 Å². The van der Waals surface area contributed by atoms with Crippen LogP contribution in [-0.4, -0.2) is 38.1 Å². The fourth-order valence-corrected chi connectivity index (χ4v) is 4.00. The van der Waals surface area contributed by atoms with E-state index in [1.165, 1.54) is 42.0 Å². The van der Waals surface area contributed by atoms with Crippen LogP contribution in [0.5, 0.6) is 0 Å². The van der Waals surface area contributed by atoms with Gasteiger partial charge in [-0.2, -0.15) is 14.9 Å². The highest BCUT2D eigenvalue weighted by Crippen LogP contribution is 2.27.